The molecule has 6 nitrogen and oxygen atoms in total. The van der Waals surface area contributed by atoms with E-state index in [9.17, 15) is 14.0 Å². The predicted molar refractivity (Wildman–Crippen MR) is 87.3 cm³/mol. The highest BCUT2D eigenvalue weighted by atomic mass is 19.1. The second kappa shape index (κ2) is 7.33. The Hall–Kier alpha value is -2.57. The zero-order valence-electron chi connectivity index (χ0n) is 13.9. The van der Waals surface area contributed by atoms with Crippen molar-refractivity contribution in [1.29, 1.82) is 0 Å². The van der Waals surface area contributed by atoms with E-state index in [0.717, 1.165) is 6.07 Å². The van der Waals surface area contributed by atoms with Crippen LogP contribution in [-0.4, -0.2) is 33.5 Å². The molecule has 2 rings (SSSR count). The molecular formula is C17H20FN3O3. The van der Waals surface area contributed by atoms with Crippen LogP contribution in [0.3, 0.4) is 0 Å². The van der Waals surface area contributed by atoms with Crippen molar-refractivity contribution in [3.05, 3.63) is 34.9 Å². The van der Waals surface area contributed by atoms with Gasteiger partial charge in [-0.15, -0.1) is 0 Å². The molecule has 2 aromatic rings. The first-order valence-corrected chi connectivity index (χ1v) is 7.79. The van der Waals surface area contributed by atoms with Gasteiger partial charge in [-0.2, -0.15) is 0 Å². The van der Waals surface area contributed by atoms with Gasteiger partial charge in [0.1, 0.15) is 11.3 Å². The largest absolute Gasteiger partial charge is 0.481 e. The lowest BCUT2D eigenvalue weighted by Crippen LogP contribution is -2.33. The van der Waals surface area contributed by atoms with Crippen LogP contribution in [0.4, 0.5) is 4.39 Å². The molecule has 2 N–H and O–H groups in total. The third-order valence-electron chi connectivity index (χ3n) is 3.89. The van der Waals surface area contributed by atoms with Gasteiger partial charge in [0.15, 0.2) is 0 Å². The highest BCUT2D eigenvalue weighted by molar-refractivity contribution is 6.04. The minimum Gasteiger partial charge on any atom is -0.481 e. The van der Waals surface area contributed by atoms with Crippen LogP contribution in [0.2, 0.25) is 0 Å². The molecule has 1 atom stereocenters. The molecule has 1 unspecified atom stereocenters. The lowest BCUT2D eigenvalue weighted by molar-refractivity contribution is -0.141. The molecule has 0 saturated heterocycles. The molecule has 0 aliphatic carbocycles. The van der Waals surface area contributed by atoms with Crippen molar-refractivity contribution in [2.45, 2.75) is 33.6 Å². The molecule has 24 heavy (non-hydrogen) atoms. The molecule has 128 valence electrons. The Labute approximate surface area is 139 Å². The van der Waals surface area contributed by atoms with Crippen LogP contribution in [0.15, 0.2) is 12.1 Å². The summed E-state index contributed by atoms with van der Waals surface area (Å²) in [5.41, 5.74) is 1.97. The molecule has 0 spiro atoms. The Balaban J connectivity index is 2.32. The highest BCUT2D eigenvalue weighted by Crippen LogP contribution is 2.19. The quantitative estimate of drug-likeness (QED) is 0.848. The van der Waals surface area contributed by atoms with Gasteiger partial charge in [-0.3, -0.25) is 9.59 Å². The first-order chi connectivity index (χ1) is 11.3. The van der Waals surface area contributed by atoms with Crippen molar-refractivity contribution in [2.24, 2.45) is 5.92 Å². The van der Waals surface area contributed by atoms with Gasteiger partial charge in [-0.1, -0.05) is 13.3 Å². The van der Waals surface area contributed by atoms with Crippen molar-refractivity contribution in [3.63, 3.8) is 0 Å². The lowest BCUT2D eigenvalue weighted by atomic mass is 10.0. The molecular weight excluding hydrogens is 313 g/mol. The summed E-state index contributed by atoms with van der Waals surface area (Å²) in [6.45, 7) is 5.37. The average molecular weight is 333 g/mol. The molecule has 1 heterocycles. The number of rotatable bonds is 6. The number of carboxylic acids is 1. The van der Waals surface area contributed by atoms with Crippen LogP contribution in [0.1, 0.15) is 41.5 Å². The zero-order chi connectivity index (χ0) is 17.9. The van der Waals surface area contributed by atoms with Crippen molar-refractivity contribution in [3.8, 4) is 0 Å². The van der Waals surface area contributed by atoms with Crippen LogP contribution in [-0.2, 0) is 4.79 Å². The van der Waals surface area contributed by atoms with Gasteiger partial charge in [0.2, 0.25) is 0 Å². The summed E-state index contributed by atoms with van der Waals surface area (Å²) in [6, 6.07) is 2.32. The maximum Gasteiger partial charge on any atom is 0.308 e. The number of nitrogens with one attached hydrogen (secondary N) is 1. The summed E-state index contributed by atoms with van der Waals surface area (Å²) in [5, 5.41) is 11.7. The van der Waals surface area contributed by atoms with Gasteiger partial charge >= 0.3 is 5.97 Å². The van der Waals surface area contributed by atoms with E-state index in [1.54, 1.807) is 13.8 Å². The molecule has 0 bridgehead atoms. The van der Waals surface area contributed by atoms with Gasteiger partial charge in [-0.25, -0.2) is 14.4 Å². The van der Waals surface area contributed by atoms with E-state index in [0.29, 0.717) is 35.3 Å². The number of hydrogen-bond donors (Lipinski definition) is 2. The fourth-order valence-corrected chi connectivity index (χ4v) is 2.44. The smallest absolute Gasteiger partial charge is 0.308 e. The van der Waals surface area contributed by atoms with E-state index in [1.807, 2.05) is 6.92 Å². The molecule has 0 saturated carbocycles. The molecule has 0 aliphatic heterocycles. The van der Waals surface area contributed by atoms with E-state index in [2.05, 4.69) is 15.3 Å². The van der Waals surface area contributed by atoms with E-state index in [4.69, 9.17) is 5.11 Å². The van der Waals surface area contributed by atoms with E-state index in [1.165, 1.54) is 6.07 Å². The lowest BCUT2D eigenvalue weighted by Gasteiger charge is -2.13. The van der Waals surface area contributed by atoms with E-state index >= 15 is 0 Å². The van der Waals surface area contributed by atoms with Crippen molar-refractivity contribution in [2.75, 3.05) is 6.54 Å². The summed E-state index contributed by atoms with van der Waals surface area (Å²) in [7, 11) is 0. The minimum atomic E-state index is -0.965. The Morgan fingerprint density at radius 1 is 1.25 bits per heavy atom. The Morgan fingerprint density at radius 3 is 2.54 bits per heavy atom. The van der Waals surface area contributed by atoms with Crippen molar-refractivity contribution in [1.82, 2.24) is 15.3 Å². The van der Waals surface area contributed by atoms with Gasteiger partial charge in [-0.05, 0) is 26.3 Å². The zero-order valence-corrected chi connectivity index (χ0v) is 13.9. The molecule has 1 aromatic heterocycles. The number of benzene rings is 1. The van der Waals surface area contributed by atoms with Crippen LogP contribution in [0.5, 0.6) is 0 Å². The van der Waals surface area contributed by atoms with Crippen molar-refractivity contribution >= 4 is 22.9 Å². The van der Waals surface area contributed by atoms with Crippen LogP contribution >= 0.6 is 0 Å². The fourth-order valence-electron chi connectivity index (χ4n) is 2.44. The topological polar surface area (TPSA) is 92.2 Å². The molecule has 7 heteroatoms. The Morgan fingerprint density at radius 2 is 1.92 bits per heavy atom. The molecule has 0 radical (unpaired) electrons. The number of hydrogen-bond acceptors (Lipinski definition) is 4. The summed E-state index contributed by atoms with van der Waals surface area (Å²) >= 11 is 0. The normalized spacial score (nSPS) is 12.2. The van der Waals surface area contributed by atoms with Gasteiger partial charge in [0, 0.05) is 12.6 Å². The summed E-state index contributed by atoms with van der Waals surface area (Å²) in [4.78, 5) is 32.1. The molecule has 0 aliphatic rings. The van der Waals surface area contributed by atoms with E-state index in [-0.39, 0.29) is 12.1 Å². The highest BCUT2D eigenvalue weighted by Gasteiger charge is 2.20. The number of nitrogens with zero attached hydrogens (tertiary/aromatic N) is 2. The molecule has 0 fully saturated rings. The third-order valence-corrected chi connectivity index (χ3v) is 3.89. The summed E-state index contributed by atoms with van der Waals surface area (Å²) in [5.74, 6) is -2.78. The summed E-state index contributed by atoms with van der Waals surface area (Å²) < 4.78 is 13.8. The number of carbonyl (C=O) groups is 2. The second-order valence-electron chi connectivity index (χ2n) is 5.75. The van der Waals surface area contributed by atoms with E-state index < -0.39 is 23.6 Å². The number of halogens is 1. The molecule has 1 amide bonds. The number of aromatic nitrogens is 2. The molecule has 1 aromatic carbocycles. The second-order valence-corrected chi connectivity index (χ2v) is 5.75. The summed E-state index contributed by atoms with van der Waals surface area (Å²) in [6.07, 6.45) is 1.15. The number of carbonyl (C=O) groups excluding carboxylic acids is 1. The Bertz CT molecular complexity index is 792. The standard InChI is InChI=1S/C17H20FN3O3/c1-4-5-11(17(23)24)8-19-16(22)13-6-12(18)7-14-15(13)21-10(3)9(2)20-14/h6-7,11H,4-5,8H2,1-3H3,(H,19,22)(H,23,24). The van der Waals surface area contributed by atoms with Gasteiger partial charge < -0.3 is 10.4 Å². The first kappa shape index (κ1) is 17.8. The number of amides is 1. The maximum absolute atomic E-state index is 13.8. The minimum absolute atomic E-state index is 0.0156. The van der Waals surface area contributed by atoms with Crippen molar-refractivity contribution < 1.29 is 19.1 Å². The third kappa shape index (κ3) is 3.84. The predicted octanol–water partition coefficient (Wildman–Crippen LogP) is 2.62. The van der Waals surface area contributed by atoms with Crippen LogP contribution < -0.4 is 5.32 Å². The number of carboxylic acid groups (broad SMARTS) is 1. The number of aryl methyl sites for hydroxylation is 2. The SMILES string of the molecule is CCCC(CNC(=O)c1cc(F)cc2nc(C)c(C)nc12)C(=O)O. The van der Waals surface area contributed by atoms with Crippen LogP contribution in [0.25, 0.3) is 11.0 Å². The Kier molecular flexibility index (Phi) is 5.43. The van der Waals surface area contributed by atoms with Gasteiger partial charge in [0.05, 0.1) is 28.4 Å². The fraction of sp³-hybridized carbons (Fsp3) is 0.412. The average Bonchev–Trinajstić information content (AvgIpc) is 2.51. The maximum atomic E-state index is 13.8. The van der Waals surface area contributed by atoms with Gasteiger partial charge in [0.25, 0.3) is 5.91 Å². The van der Waals surface area contributed by atoms with Crippen LogP contribution in [0, 0.1) is 25.6 Å². The first-order valence-electron chi connectivity index (χ1n) is 7.79. The monoisotopic (exact) mass is 333 g/mol. The number of fused-ring (bicyclic) bond motifs is 1. The number of aliphatic carboxylic acids is 1.